The Kier molecular flexibility index (Phi) is 3.47. The second-order valence-electron chi connectivity index (χ2n) is 2.66. The standard InChI is InChI=1S/C10H13O2P/c1-3-9-13(11,12-2)10-7-5-4-6-8-10/h3-8H,1,9H2,2H3. The van der Waals surface area contributed by atoms with Gasteiger partial charge in [-0.15, -0.1) is 6.58 Å². The summed E-state index contributed by atoms with van der Waals surface area (Å²) in [5.41, 5.74) is 0. The van der Waals surface area contributed by atoms with E-state index >= 15 is 0 Å². The van der Waals surface area contributed by atoms with Crippen LogP contribution in [0.5, 0.6) is 0 Å². The number of allylic oxidation sites excluding steroid dienone is 1. The van der Waals surface area contributed by atoms with Crippen LogP contribution >= 0.6 is 7.37 Å². The third-order valence-electron chi connectivity index (χ3n) is 1.81. The van der Waals surface area contributed by atoms with Crippen LogP contribution in [0, 0.1) is 0 Å². The minimum atomic E-state index is -2.67. The topological polar surface area (TPSA) is 26.3 Å². The molecule has 13 heavy (non-hydrogen) atoms. The highest BCUT2D eigenvalue weighted by Gasteiger charge is 2.21. The van der Waals surface area contributed by atoms with E-state index in [4.69, 9.17) is 4.52 Å². The Morgan fingerprint density at radius 2 is 2.08 bits per heavy atom. The largest absolute Gasteiger partial charge is 0.328 e. The van der Waals surface area contributed by atoms with Crippen molar-refractivity contribution in [3.05, 3.63) is 43.0 Å². The smallest absolute Gasteiger partial charge is 0.235 e. The van der Waals surface area contributed by atoms with Crippen LogP contribution in [0.4, 0.5) is 0 Å². The average molecular weight is 196 g/mol. The summed E-state index contributed by atoms with van der Waals surface area (Å²) >= 11 is 0. The first kappa shape index (κ1) is 10.2. The normalized spacial score (nSPS) is 14.8. The van der Waals surface area contributed by atoms with Crippen molar-refractivity contribution < 1.29 is 9.09 Å². The lowest BCUT2D eigenvalue weighted by Crippen LogP contribution is -2.07. The van der Waals surface area contributed by atoms with E-state index in [2.05, 4.69) is 6.58 Å². The Hall–Kier alpha value is -0.850. The van der Waals surface area contributed by atoms with E-state index in [9.17, 15) is 4.57 Å². The molecular weight excluding hydrogens is 183 g/mol. The summed E-state index contributed by atoms with van der Waals surface area (Å²) in [6.07, 6.45) is 2.00. The Morgan fingerprint density at radius 3 is 2.54 bits per heavy atom. The molecule has 1 unspecified atom stereocenters. The minimum Gasteiger partial charge on any atom is -0.328 e. The molecule has 0 saturated heterocycles. The van der Waals surface area contributed by atoms with Gasteiger partial charge in [-0.25, -0.2) is 0 Å². The lowest BCUT2D eigenvalue weighted by molar-refractivity contribution is 0.405. The molecule has 0 fully saturated rings. The molecule has 1 aromatic carbocycles. The zero-order valence-electron chi connectivity index (χ0n) is 7.64. The monoisotopic (exact) mass is 196 g/mol. The summed E-state index contributed by atoms with van der Waals surface area (Å²) in [4.78, 5) is 0. The van der Waals surface area contributed by atoms with Gasteiger partial charge in [0.1, 0.15) is 0 Å². The molecule has 1 rings (SSSR count). The van der Waals surface area contributed by atoms with Gasteiger partial charge in [-0.1, -0.05) is 24.3 Å². The van der Waals surface area contributed by atoms with Crippen molar-refractivity contribution in [2.45, 2.75) is 0 Å². The molecule has 0 aromatic heterocycles. The van der Waals surface area contributed by atoms with Gasteiger partial charge < -0.3 is 4.52 Å². The highest BCUT2D eigenvalue weighted by Crippen LogP contribution is 2.44. The Morgan fingerprint density at radius 1 is 1.46 bits per heavy atom. The van der Waals surface area contributed by atoms with Crippen LogP contribution in [0.2, 0.25) is 0 Å². The summed E-state index contributed by atoms with van der Waals surface area (Å²) in [6.45, 7) is 3.57. The Labute approximate surface area is 78.7 Å². The maximum Gasteiger partial charge on any atom is 0.235 e. The fourth-order valence-electron chi connectivity index (χ4n) is 1.11. The molecule has 0 N–H and O–H groups in total. The van der Waals surface area contributed by atoms with Gasteiger partial charge >= 0.3 is 0 Å². The van der Waals surface area contributed by atoms with Crippen LogP contribution in [-0.4, -0.2) is 13.3 Å². The van der Waals surface area contributed by atoms with Crippen molar-refractivity contribution in [3.63, 3.8) is 0 Å². The number of hydrogen-bond donors (Lipinski definition) is 0. The molecule has 1 aromatic rings. The van der Waals surface area contributed by atoms with E-state index < -0.39 is 7.37 Å². The van der Waals surface area contributed by atoms with Crippen molar-refractivity contribution >= 4 is 12.7 Å². The first-order chi connectivity index (χ1) is 6.23. The van der Waals surface area contributed by atoms with Gasteiger partial charge in [-0.2, -0.15) is 0 Å². The molecule has 70 valence electrons. The average Bonchev–Trinajstić information content (AvgIpc) is 2.19. The molecule has 1 atom stereocenters. The summed E-state index contributed by atoms with van der Waals surface area (Å²) in [6, 6.07) is 9.22. The summed E-state index contributed by atoms with van der Waals surface area (Å²) in [5, 5.41) is 0.748. The van der Waals surface area contributed by atoms with Gasteiger partial charge in [0.2, 0.25) is 7.37 Å². The maximum absolute atomic E-state index is 12.1. The van der Waals surface area contributed by atoms with Crippen LogP contribution in [0.15, 0.2) is 43.0 Å². The van der Waals surface area contributed by atoms with Crippen LogP contribution in [0.3, 0.4) is 0 Å². The lowest BCUT2D eigenvalue weighted by atomic mass is 10.4. The molecule has 0 radical (unpaired) electrons. The second-order valence-corrected chi connectivity index (χ2v) is 5.26. The maximum atomic E-state index is 12.1. The van der Waals surface area contributed by atoms with E-state index in [-0.39, 0.29) is 0 Å². The zero-order valence-corrected chi connectivity index (χ0v) is 8.54. The summed E-state index contributed by atoms with van der Waals surface area (Å²) < 4.78 is 17.1. The van der Waals surface area contributed by atoms with Crippen LogP contribution in [0.1, 0.15) is 0 Å². The zero-order chi connectivity index (χ0) is 9.73. The predicted octanol–water partition coefficient (Wildman–Crippen LogP) is 2.42. The van der Waals surface area contributed by atoms with Crippen molar-refractivity contribution in [1.82, 2.24) is 0 Å². The van der Waals surface area contributed by atoms with E-state index in [1.54, 1.807) is 6.08 Å². The number of rotatable bonds is 4. The molecule has 0 aliphatic rings. The Bertz CT molecular complexity index is 319. The molecule has 0 bridgehead atoms. The van der Waals surface area contributed by atoms with Crippen molar-refractivity contribution in [3.8, 4) is 0 Å². The third kappa shape index (κ3) is 2.30. The fraction of sp³-hybridized carbons (Fsp3) is 0.200. The number of benzene rings is 1. The van der Waals surface area contributed by atoms with Crippen molar-refractivity contribution in [2.24, 2.45) is 0 Å². The molecule has 0 aliphatic heterocycles. The van der Waals surface area contributed by atoms with Crippen LogP contribution in [-0.2, 0) is 9.09 Å². The predicted molar refractivity (Wildman–Crippen MR) is 55.8 cm³/mol. The lowest BCUT2D eigenvalue weighted by Gasteiger charge is -2.13. The Balaban J connectivity index is 3.03. The molecule has 0 heterocycles. The molecule has 2 nitrogen and oxygen atoms in total. The summed E-state index contributed by atoms with van der Waals surface area (Å²) in [7, 11) is -1.20. The second kappa shape index (κ2) is 4.40. The molecule has 0 saturated carbocycles. The fourth-order valence-corrected chi connectivity index (χ4v) is 2.65. The SMILES string of the molecule is C=CCP(=O)(OC)c1ccccc1. The van der Waals surface area contributed by atoms with E-state index in [1.807, 2.05) is 30.3 Å². The number of hydrogen-bond acceptors (Lipinski definition) is 2. The quantitative estimate of drug-likeness (QED) is 0.546. The van der Waals surface area contributed by atoms with Gasteiger partial charge in [0, 0.05) is 18.6 Å². The molecule has 0 aliphatic carbocycles. The highest BCUT2D eigenvalue weighted by molar-refractivity contribution is 7.67. The highest BCUT2D eigenvalue weighted by atomic mass is 31.2. The van der Waals surface area contributed by atoms with Gasteiger partial charge in [-0.3, -0.25) is 4.57 Å². The molecule has 3 heteroatoms. The minimum absolute atomic E-state index is 0.382. The van der Waals surface area contributed by atoms with E-state index in [0.29, 0.717) is 6.16 Å². The van der Waals surface area contributed by atoms with Gasteiger partial charge in [0.05, 0.1) is 0 Å². The molecule has 0 amide bonds. The first-order valence-corrected chi connectivity index (χ1v) is 5.85. The van der Waals surface area contributed by atoms with Crippen molar-refractivity contribution in [1.29, 1.82) is 0 Å². The van der Waals surface area contributed by atoms with Crippen LogP contribution < -0.4 is 5.30 Å². The summed E-state index contributed by atoms with van der Waals surface area (Å²) in [5.74, 6) is 0. The van der Waals surface area contributed by atoms with Gasteiger partial charge in [0.25, 0.3) is 0 Å². The third-order valence-corrected chi connectivity index (χ3v) is 4.23. The van der Waals surface area contributed by atoms with Crippen molar-refractivity contribution in [2.75, 3.05) is 13.3 Å². The van der Waals surface area contributed by atoms with Gasteiger partial charge in [-0.05, 0) is 12.1 Å². The van der Waals surface area contributed by atoms with E-state index in [0.717, 1.165) is 5.30 Å². The molecular formula is C10H13O2P. The van der Waals surface area contributed by atoms with E-state index in [1.165, 1.54) is 7.11 Å². The van der Waals surface area contributed by atoms with Crippen LogP contribution in [0.25, 0.3) is 0 Å². The molecule has 0 spiro atoms. The first-order valence-electron chi connectivity index (χ1n) is 4.04. The van der Waals surface area contributed by atoms with Gasteiger partial charge in [0.15, 0.2) is 0 Å².